The molecule has 2 rings (SSSR count). The van der Waals surface area contributed by atoms with Gasteiger partial charge in [-0.15, -0.1) is 0 Å². The molecule has 0 aliphatic rings. The third-order valence-electron chi connectivity index (χ3n) is 4.10. The predicted molar refractivity (Wildman–Crippen MR) is 101 cm³/mol. The first-order valence-electron chi connectivity index (χ1n) is 8.13. The third-order valence-corrected chi connectivity index (χ3v) is 5.12. The van der Waals surface area contributed by atoms with E-state index in [2.05, 4.69) is 13.8 Å². The minimum atomic E-state index is -0.318. The highest BCUT2D eigenvalue weighted by Gasteiger charge is 2.21. The number of thioether (sulfide) groups is 1. The quantitative estimate of drug-likeness (QED) is 0.413. The fourth-order valence-electron chi connectivity index (χ4n) is 2.69. The maximum atomic E-state index is 11.6. The van der Waals surface area contributed by atoms with E-state index in [0.717, 1.165) is 28.9 Å². The summed E-state index contributed by atoms with van der Waals surface area (Å²) in [5.74, 6) is 1.71. The number of carbonyl (C=O) groups excluding carboxylic acids is 1. The lowest BCUT2D eigenvalue weighted by Crippen LogP contribution is -2.01. The van der Waals surface area contributed by atoms with E-state index in [4.69, 9.17) is 0 Å². The third kappa shape index (κ3) is 3.93. The topological polar surface area (TPSA) is 57.5 Å². The molecule has 2 aromatic rings. The lowest BCUT2D eigenvalue weighted by Gasteiger charge is -2.18. The molecule has 0 atom stereocenters. The zero-order chi connectivity index (χ0) is 17.7. The highest BCUT2D eigenvalue weighted by atomic mass is 32.2. The van der Waals surface area contributed by atoms with Crippen LogP contribution in [0.4, 0.5) is 0 Å². The van der Waals surface area contributed by atoms with Gasteiger partial charge in [-0.2, -0.15) is 11.8 Å². The number of aldehydes is 1. The average Bonchev–Trinajstić information content (AvgIpc) is 2.57. The van der Waals surface area contributed by atoms with Gasteiger partial charge in [0.15, 0.2) is 17.8 Å². The van der Waals surface area contributed by atoms with E-state index in [1.807, 2.05) is 30.3 Å². The predicted octanol–water partition coefficient (Wildman–Crippen LogP) is 5.17. The number of phenols is 2. The molecule has 2 N–H and O–H groups in total. The second-order valence-electron chi connectivity index (χ2n) is 6.31. The Labute approximate surface area is 147 Å². The number of benzene rings is 2. The number of carbonyl (C=O) groups is 1. The zero-order valence-electron chi connectivity index (χ0n) is 14.4. The molecular formula is C20H24O3S. The van der Waals surface area contributed by atoms with Crippen LogP contribution in [0.2, 0.25) is 0 Å². The smallest absolute Gasteiger partial charge is 0.168 e. The molecule has 24 heavy (non-hydrogen) atoms. The summed E-state index contributed by atoms with van der Waals surface area (Å²) < 4.78 is 0. The molecule has 2 aromatic carbocycles. The van der Waals surface area contributed by atoms with E-state index in [1.54, 1.807) is 18.7 Å². The molecule has 0 fully saturated rings. The van der Waals surface area contributed by atoms with Gasteiger partial charge in [-0.25, -0.2) is 0 Å². The van der Waals surface area contributed by atoms with Gasteiger partial charge >= 0.3 is 0 Å². The number of aromatic hydroxyl groups is 2. The monoisotopic (exact) mass is 344 g/mol. The Morgan fingerprint density at radius 2 is 1.79 bits per heavy atom. The molecule has 4 heteroatoms. The summed E-state index contributed by atoms with van der Waals surface area (Å²) in [4.78, 5) is 11.6. The number of phenolic OH excluding ortho intramolecular Hbond substituents is 2. The van der Waals surface area contributed by atoms with Crippen LogP contribution in [0, 0.1) is 12.8 Å². The Balaban J connectivity index is 2.50. The van der Waals surface area contributed by atoms with Crippen molar-refractivity contribution >= 4 is 18.0 Å². The van der Waals surface area contributed by atoms with Gasteiger partial charge in [0.1, 0.15) is 0 Å². The summed E-state index contributed by atoms with van der Waals surface area (Å²) in [6.45, 7) is 6.14. The number of hydrogen-bond donors (Lipinski definition) is 2. The molecule has 0 radical (unpaired) electrons. The van der Waals surface area contributed by atoms with Gasteiger partial charge in [0.05, 0.1) is 5.56 Å². The van der Waals surface area contributed by atoms with Crippen molar-refractivity contribution in [1.82, 2.24) is 0 Å². The molecule has 0 aliphatic heterocycles. The van der Waals surface area contributed by atoms with Crippen molar-refractivity contribution in [3.8, 4) is 22.6 Å². The first kappa shape index (κ1) is 18.4. The van der Waals surface area contributed by atoms with Crippen LogP contribution in [0.5, 0.6) is 11.5 Å². The second kappa shape index (κ2) is 8.25. The first-order valence-corrected chi connectivity index (χ1v) is 9.28. The van der Waals surface area contributed by atoms with Gasteiger partial charge in [-0.05, 0) is 41.7 Å². The van der Waals surface area contributed by atoms with Gasteiger partial charge in [0.2, 0.25) is 0 Å². The van der Waals surface area contributed by atoms with Crippen LogP contribution in [0.1, 0.15) is 41.8 Å². The van der Waals surface area contributed by atoms with Crippen LogP contribution in [-0.4, -0.2) is 22.3 Å². The largest absolute Gasteiger partial charge is 0.504 e. The molecule has 128 valence electrons. The fraction of sp³-hybridized carbons (Fsp3) is 0.350. The normalized spacial score (nSPS) is 11.0. The molecule has 0 aliphatic carbocycles. The molecular weight excluding hydrogens is 320 g/mol. The Hall–Kier alpha value is -1.94. The van der Waals surface area contributed by atoms with Crippen LogP contribution < -0.4 is 0 Å². The fourth-order valence-corrected chi connectivity index (χ4v) is 3.98. The summed E-state index contributed by atoms with van der Waals surface area (Å²) in [6, 6.07) is 9.69. The Morgan fingerprint density at radius 1 is 1.12 bits per heavy atom. The SMILES string of the molecule is Cc1c(O)c(O)c(C=O)c(CSCCC(C)C)c1-c1ccccc1. The molecule has 0 spiro atoms. The van der Waals surface area contributed by atoms with Gasteiger partial charge in [0, 0.05) is 11.3 Å². The highest BCUT2D eigenvalue weighted by Crippen LogP contribution is 2.43. The summed E-state index contributed by atoms with van der Waals surface area (Å²) >= 11 is 1.74. The Bertz CT molecular complexity index is 709. The van der Waals surface area contributed by atoms with Crippen LogP contribution in [-0.2, 0) is 5.75 Å². The van der Waals surface area contributed by atoms with Crippen molar-refractivity contribution in [2.45, 2.75) is 32.9 Å². The standard InChI is InChI=1S/C20H24O3S/c1-13(2)9-10-24-12-17-16(11-21)20(23)19(22)14(3)18(17)15-7-5-4-6-8-15/h4-8,11,13,22-23H,9-10,12H2,1-3H3. The van der Waals surface area contributed by atoms with Gasteiger partial charge < -0.3 is 10.2 Å². The Kier molecular flexibility index (Phi) is 6.32. The van der Waals surface area contributed by atoms with Gasteiger partial charge in [-0.3, -0.25) is 4.79 Å². The molecule has 0 saturated heterocycles. The van der Waals surface area contributed by atoms with E-state index in [0.29, 0.717) is 23.5 Å². The minimum absolute atomic E-state index is 0.189. The van der Waals surface area contributed by atoms with Gasteiger partial charge in [0.25, 0.3) is 0 Å². The molecule has 0 unspecified atom stereocenters. The zero-order valence-corrected chi connectivity index (χ0v) is 15.2. The molecule has 3 nitrogen and oxygen atoms in total. The van der Waals surface area contributed by atoms with E-state index in [1.165, 1.54) is 0 Å². The Morgan fingerprint density at radius 3 is 2.38 bits per heavy atom. The first-order chi connectivity index (χ1) is 11.5. The second-order valence-corrected chi connectivity index (χ2v) is 7.41. The van der Waals surface area contributed by atoms with Crippen molar-refractivity contribution < 1.29 is 15.0 Å². The summed E-state index contributed by atoms with van der Waals surface area (Å²) in [6.07, 6.45) is 1.74. The average molecular weight is 344 g/mol. The van der Waals surface area contributed by atoms with Gasteiger partial charge in [-0.1, -0.05) is 44.2 Å². The van der Waals surface area contributed by atoms with Crippen molar-refractivity contribution in [3.05, 3.63) is 47.0 Å². The summed E-state index contributed by atoms with van der Waals surface area (Å²) in [7, 11) is 0. The maximum absolute atomic E-state index is 11.6. The molecule has 0 saturated carbocycles. The highest BCUT2D eigenvalue weighted by molar-refractivity contribution is 7.98. The van der Waals surface area contributed by atoms with E-state index >= 15 is 0 Å². The lowest BCUT2D eigenvalue weighted by molar-refractivity contribution is 0.111. The summed E-state index contributed by atoms with van der Waals surface area (Å²) in [5, 5.41) is 20.4. The van der Waals surface area contributed by atoms with E-state index < -0.39 is 0 Å². The van der Waals surface area contributed by atoms with Crippen LogP contribution in [0.25, 0.3) is 11.1 Å². The molecule has 0 amide bonds. The van der Waals surface area contributed by atoms with Crippen molar-refractivity contribution in [1.29, 1.82) is 0 Å². The van der Waals surface area contributed by atoms with Crippen molar-refractivity contribution in [2.24, 2.45) is 5.92 Å². The molecule has 0 heterocycles. The number of rotatable bonds is 7. The lowest BCUT2D eigenvalue weighted by atomic mass is 9.91. The van der Waals surface area contributed by atoms with Crippen molar-refractivity contribution in [2.75, 3.05) is 5.75 Å². The minimum Gasteiger partial charge on any atom is -0.504 e. The number of hydrogen-bond acceptors (Lipinski definition) is 4. The maximum Gasteiger partial charge on any atom is 0.168 e. The molecule has 0 aromatic heterocycles. The van der Waals surface area contributed by atoms with Crippen LogP contribution >= 0.6 is 11.8 Å². The molecule has 0 bridgehead atoms. The van der Waals surface area contributed by atoms with E-state index in [9.17, 15) is 15.0 Å². The van der Waals surface area contributed by atoms with Crippen LogP contribution in [0.15, 0.2) is 30.3 Å². The van der Waals surface area contributed by atoms with Crippen LogP contribution in [0.3, 0.4) is 0 Å². The summed E-state index contributed by atoms with van der Waals surface area (Å²) in [5.41, 5.74) is 3.36. The van der Waals surface area contributed by atoms with Crippen molar-refractivity contribution in [3.63, 3.8) is 0 Å². The van der Waals surface area contributed by atoms with E-state index in [-0.39, 0.29) is 17.1 Å².